The van der Waals surface area contributed by atoms with Gasteiger partial charge in [0.15, 0.2) is 0 Å². The highest BCUT2D eigenvalue weighted by Gasteiger charge is 2.15. The minimum Gasteiger partial charge on any atom is -0.497 e. The average Bonchev–Trinajstić information content (AvgIpc) is 2.71. The minimum atomic E-state index is -0.676. The van der Waals surface area contributed by atoms with E-state index in [1.165, 1.54) is 13.2 Å². The first kappa shape index (κ1) is 20.8. The summed E-state index contributed by atoms with van der Waals surface area (Å²) >= 11 is 0. The lowest BCUT2D eigenvalue weighted by molar-refractivity contribution is -0.117. The van der Waals surface area contributed by atoms with Crippen LogP contribution in [0.5, 0.6) is 17.2 Å². The lowest BCUT2D eigenvalue weighted by Gasteiger charge is -2.16. The van der Waals surface area contributed by atoms with E-state index in [9.17, 15) is 10.1 Å². The summed E-state index contributed by atoms with van der Waals surface area (Å²) in [6.45, 7) is 1.59. The van der Waals surface area contributed by atoms with Crippen molar-refractivity contribution in [1.29, 1.82) is 5.26 Å². The van der Waals surface area contributed by atoms with Crippen LogP contribution in [0.4, 0.5) is 5.69 Å². The maximum absolute atomic E-state index is 12.0. The molecule has 0 aliphatic carbocycles. The molecule has 1 unspecified atom stereocenters. The van der Waals surface area contributed by atoms with E-state index in [0.29, 0.717) is 34.1 Å². The standard InChI is InChI=1S/C21H23N3O4/c1-13(23)21(25)24-19-11-14(5-6-20(19)28-4)18(7-8-22)15-9-16(26-2)12-17(10-15)27-3/h5-7,9-13H,23H2,1-4H3,(H,24,25)/b18-7-. The molecule has 0 aliphatic rings. The Kier molecular flexibility index (Phi) is 7.02. The smallest absolute Gasteiger partial charge is 0.241 e. The Morgan fingerprint density at radius 2 is 1.71 bits per heavy atom. The van der Waals surface area contributed by atoms with Gasteiger partial charge in [-0.05, 0) is 47.9 Å². The van der Waals surface area contributed by atoms with Crippen LogP contribution in [0.1, 0.15) is 18.1 Å². The van der Waals surface area contributed by atoms with E-state index >= 15 is 0 Å². The number of methoxy groups -OCH3 is 3. The van der Waals surface area contributed by atoms with Gasteiger partial charge in [0.25, 0.3) is 0 Å². The van der Waals surface area contributed by atoms with Crippen molar-refractivity contribution in [2.45, 2.75) is 13.0 Å². The van der Waals surface area contributed by atoms with Gasteiger partial charge in [-0.3, -0.25) is 4.79 Å². The molecule has 0 radical (unpaired) electrons. The van der Waals surface area contributed by atoms with E-state index in [4.69, 9.17) is 19.9 Å². The number of nitrogens with two attached hydrogens (primary N) is 1. The van der Waals surface area contributed by atoms with Crippen LogP contribution >= 0.6 is 0 Å². The molecular weight excluding hydrogens is 358 g/mol. The summed E-state index contributed by atoms with van der Waals surface area (Å²) in [4.78, 5) is 12.0. The van der Waals surface area contributed by atoms with Gasteiger partial charge in [0.2, 0.25) is 5.91 Å². The second-order valence-electron chi connectivity index (χ2n) is 5.98. The van der Waals surface area contributed by atoms with Gasteiger partial charge in [-0.15, -0.1) is 0 Å². The summed E-state index contributed by atoms with van der Waals surface area (Å²) in [6.07, 6.45) is 1.42. The van der Waals surface area contributed by atoms with Crippen molar-refractivity contribution in [2.24, 2.45) is 5.73 Å². The normalized spacial score (nSPS) is 11.9. The number of nitriles is 1. The van der Waals surface area contributed by atoms with Gasteiger partial charge >= 0.3 is 0 Å². The van der Waals surface area contributed by atoms with E-state index in [1.54, 1.807) is 57.5 Å². The van der Waals surface area contributed by atoms with E-state index in [1.807, 2.05) is 0 Å². The number of ether oxygens (including phenoxy) is 3. The van der Waals surface area contributed by atoms with Crippen molar-refractivity contribution in [2.75, 3.05) is 26.6 Å². The Morgan fingerprint density at radius 3 is 2.21 bits per heavy atom. The molecule has 7 nitrogen and oxygen atoms in total. The number of anilines is 1. The first-order valence-corrected chi connectivity index (χ1v) is 8.51. The predicted molar refractivity (Wildman–Crippen MR) is 108 cm³/mol. The molecule has 7 heteroatoms. The SMILES string of the molecule is COc1cc(OC)cc(/C(=C\C#N)c2ccc(OC)c(NC(=O)C(C)N)c2)c1. The molecule has 0 saturated heterocycles. The van der Waals surface area contributed by atoms with E-state index in [0.717, 1.165) is 5.56 Å². The summed E-state index contributed by atoms with van der Waals surface area (Å²) in [5, 5.41) is 12.0. The van der Waals surface area contributed by atoms with E-state index in [2.05, 4.69) is 11.4 Å². The molecule has 0 spiro atoms. The Labute approximate surface area is 164 Å². The largest absolute Gasteiger partial charge is 0.497 e. The van der Waals surface area contributed by atoms with Crippen molar-refractivity contribution in [3.05, 3.63) is 53.6 Å². The van der Waals surface area contributed by atoms with Crippen LogP contribution in [0.3, 0.4) is 0 Å². The third-order valence-electron chi connectivity index (χ3n) is 4.05. The summed E-state index contributed by atoms with van der Waals surface area (Å²) in [5.74, 6) is 1.33. The molecule has 1 atom stereocenters. The maximum atomic E-state index is 12.0. The third-order valence-corrected chi connectivity index (χ3v) is 4.05. The Bertz CT molecular complexity index is 907. The van der Waals surface area contributed by atoms with E-state index < -0.39 is 6.04 Å². The van der Waals surface area contributed by atoms with Gasteiger partial charge < -0.3 is 25.3 Å². The fraction of sp³-hybridized carbons (Fsp3) is 0.238. The zero-order valence-electron chi connectivity index (χ0n) is 16.3. The van der Waals surface area contributed by atoms with Crippen LogP contribution in [-0.2, 0) is 4.79 Å². The molecule has 0 heterocycles. The Balaban J connectivity index is 2.57. The monoisotopic (exact) mass is 381 g/mol. The lowest BCUT2D eigenvalue weighted by atomic mass is 9.96. The van der Waals surface area contributed by atoms with Crippen molar-refractivity contribution >= 4 is 17.2 Å². The summed E-state index contributed by atoms with van der Waals surface area (Å²) < 4.78 is 16.0. The number of carbonyl (C=O) groups is 1. The van der Waals surface area contributed by atoms with Gasteiger partial charge in [0, 0.05) is 12.1 Å². The van der Waals surface area contributed by atoms with Gasteiger partial charge in [-0.2, -0.15) is 5.26 Å². The summed E-state index contributed by atoms with van der Waals surface area (Å²) in [5.41, 5.74) is 8.17. The molecule has 0 aromatic heterocycles. The van der Waals surface area contributed by atoms with Crippen LogP contribution in [0.25, 0.3) is 5.57 Å². The number of allylic oxidation sites excluding steroid dienone is 1. The summed E-state index contributed by atoms with van der Waals surface area (Å²) in [7, 11) is 4.62. The molecule has 0 saturated carbocycles. The zero-order chi connectivity index (χ0) is 20.7. The van der Waals surface area contributed by atoms with Crippen molar-refractivity contribution in [3.63, 3.8) is 0 Å². The fourth-order valence-corrected chi connectivity index (χ4v) is 2.58. The minimum absolute atomic E-state index is 0.343. The van der Waals surface area contributed by atoms with Crippen molar-refractivity contribution in [3.8, 4) is 23.3 Å². The van der Waals surface area contributed by atoms with Crippen LogP contribution in [0, 0.1) is 11.3 Å². The van der Waals surface area contributed by atoms with Crippen molar-refractivity contribution < 1.29 is 19.0 Å². The molecule has 0 fully saturated rings. The second-order valence-corrected chi connectivity index (χ2v) is 5.98. The molecule has 2 rings (SSSR count). The molecule has 28 heavy (non-hydrogen) atoms. The number of hydrogen-bond donors (Lipinski definition) is 2. The second kappa shape index (κ2) is 9.44. The number of nitrogens with zero attached hydrogens (tertiary/aromatic N) is 1. The highest BCUT2D eigenvalue weighted by Crippen LogP contribution is 2.34. The van der Waals surface area contributed by atoms with E-state index in [-0.39, 0.29) is 5.91 Å². The molecule has 0 aliphatic heterocycles. The number of hydrogen-bond acceptors (Lipinski definition) is 6. The van der Waals surface area contributed by atoms with Crippen LogP contribution in [0.2, 0.25) is 0 Å². The fourth-order valence-electron chi connectivity index (χ4n) is 2.58. The number of amides is 1. The Morgan fingerprint density at radius 1 is 1.07 bits per heavy atom. The van der Waals surface area contributed by atoms with Gasteiger partial charge in [-0.25, -0.2) is 0 Å². The van der Waals surface area contributed by atoms with Gasteiger partial charge in [0.05, 0.1) is 39.1 Å². The number of benzene rings is 2. The topological polar surface area (TPSA) is 107 Å². The van der Waals surface area contributed by atoms with Gasteiger partial charge in [-0.1, -0.05) is 6.07 Å². The number of rotatable bonds is 7. The molecule has 3 N–H and O–H groups in total. The first-order chi connectivity index (χ1) is 13.4. The molecular formula is C21H23N3O4. The predicted octanol–water partition coefficient (Wildman–Crippen LogP) is 2.95. The summed E-state index contributed by atoms with van der Waals surface area (Å²) in [6, 6.07) is 12.0. The number of nitrogens with one attached hydrogen (secondary N) is 1. The van der Waals surface area contributed by atoms with Crippen LogP contribution in [-0.4, -0.2) is 33.3 Å². The highest BCUT2D eigenvalue weighted by molar-refractivity contribution is 5.96. The average molecular weight is 381 g/mol. The highest BCUT2D eigenvalue weighted by atomic mass is 16.5. The van der Waals surface area contributed by atoms with Crippen LogP contribution in [0.15, 0.2) is 42.5 Å². The maximum Gasteiger partial charge on any atom is 0.241 e. The number of carbonyl (C=O) groups excluding carboxylic acids is 1. The quantitative estimate of drug-likeness (QED) is 0.714. The van der Waals surface area contributed by atoms with Crippen LogP contribution < -0.4 is 25.3 Å². The van der Waals surface area contributed by atoms with Crippen molar-refractivity contribution in [1.82, 2.24) is 0 Å². The third kappa shape index (κ3) is 4.81. The Hall–Kier alpha value is -3.50. The molecule has 2 aromatic carbocycles. The molecule has 2 aromatic rings. The lowest BCUT2D eigenvalue weighted by Crippen LogP contribution is -2.32. The van der Waals surface area contributed by atoms with Gasteiger partial charge in [0.1, 0.15) is 17.2 Å². The first-order valence-electron chi connectivity index (χ1n) is 8.51. The molecule has 146 valence electrons. The molecule has 0 bridgehead atoms. The molecule has 1 amide bonds. The zero-order valence-corrected chi connectivity index (χ0v) is 16.3.